The van der Waals surface area contributed by atoms with Gasteiger partial charge in [-0.2, -0.15) is 10.2 Å². The van der Waals surface area contributed by atoms with Gasteiger partial charge in [-0.1, -0.05) is 11.6 Å². The SMILES string of the molecule is CCn1nc(C)c(Cl)c1Cn1cc(CN)c(C)n1. The maximum absolute atomic E-state index is 6.27. The fourth-order valence-electron chi connectivity index (χ4n) is 2.01. The standard InChI is InChI=1S/C12H18ClN5/c1-4-18-11(12(13)9(3)16-18)7-17-6-10(5-14)8(2)15-17/h6H,4-5,7,14H2,1-3H3. The summed E-state index contributed by atoms with van der Waals surface area (Å²) in [5.41, 5.74) is 9.52. The molecule has 0 radical (unpaired) electrons. The summed E-state index contributed by atoms with van der Waals surface area (Å²) in [5, 5.41) is 9.55. The summed E-state index contributed by atoms with van der Waals surface area (Å²) in [4.78, 5) is 0. The molecule has 98 valence electrons. The van der Waals surface area contributed by atoms with Crippen molar-refractivity contribution in [2.75, 3.05) is 0 Å². The van der Waals surface area contributed by atoms with Gasteiger partial charge < -0.3 is 5.73 Å². The Morgan fingerprint density at radius 3 is 2.56 bits per heavy atom. The van der Waals surface area contributed by atoms with Crippen LogP contribution >= 0.6 is 11.6 Å². The van der Waals surface area contributed by atoms with Crippen molar-refractivity contribution in [2.24, 2.45) is 5.73 Å². The summed E-state index contributed by atoms with van der Waals surface area (Å²) in [6.45, 7) is 7.85. The first-order chi connectivity index (χ1) is 8.56. The summed E-state index contributed by atoms with van der Waals surface area (Å²) >= 11 is 6.27. The van der Waals surface area contributed by atoms with Gasteiger partial charge in [-0.3, -0.25) is 9.36 Å². The summed E-state index contributed by atoms with van der Waals surface area (Å²) in [5.74, 6) is 0. The molecule has 2 N–H and O–H groups in total. The van der Waals surface area contributed by atoms with Crippen LogP contribution in [0.25, 0.3) is 0 Å². The number of aryl methyl sites for hydroxylation is 3. The summed E-state index contributed by atoms with van der Waals surface area (Å²) < 4.78 is 3.78. The number of halogens is 1. The van der Waals surface area contributed by atoms with E-state index in [1.54, 1.807) is 0 Å². The zero-order chi connectivity index (χ0) is 13.3. The second-order valence-electron chi connectivity index (χ2n) is 4.30. The molecule has 0 atom stereocenters. The molecular weight excluding hydrogens is 250 g/mol. The highest BCUT2D eigenvalue weighted by molar-refractivity contribution is 6.31. The fourth-order valence-corrected chi connectivity index (χ4v) is 2.21. The molecule has 0 aromatic carbocycles. The van der Waals surface area contributed by atoms with Gasteiger partial charge in [0, 0.05) is 24.8 Å². The number of hydrogen-bond acceptors (Lipinski definition) is 3. The zero-order valence-electron chi connectivity index (χ0n) is 10.9. The van der Waals surface area contributed by atoms with E-state index in [9.17, 15) is 0 Å². The minimum absolute atomic E-state index is 0.506. The third kappa shape index (κ3) is 2.28. The van der Waals surface area contributed by atoms with Gasteiger partial charge in [0.15, 0.2) is 0 Å². The van der Waals surface area contributed by atoms with Crippen LogP contribution in [0, 0.1) is 13.8 Å². The van der Waals surface area contributed by atoms with Crippen molar-refractivity contribution in [1.29, 1.82) is 0 Å². The molecule has 0 unspecified atom stereocenters. The molecule has 0 fully saturated rings. The quantitative estimate of drug-likeness (QED) is 0.920. The van der Waals surface area contributed by atoms with Gasteiger partial charge in [-0.15, -0.1) is 0 Å². The van der Waals surface area contributed by atoms with Gasteiger partial charge in [0.1, 0.15) is 0 Å². The van der Waals surface area contributed by atoms with Crippen LogP contribution in [0.2, 0.25) is 5.02 Å². The van der Waals surface area contributed by atoms with Crippen molar-refractivity contribution < 1.29 is 0 Å². The number of hydrogen-bond donors (Lipinski definition) is 1. The monoisotopic (exact) mass is 267 g/mol. The van der Waals surface area contributed by atoms with Crippen LogP contribution in [0.4, 0.5) is 0 Å². The lowest BCUT2D eigenvalue weighted by Crippen LogP contribution is -2.08. The van der Waals surface area contributed by atoms with Gasteiger partial charge in [0.2, 0.25) is 0 Å². The van der Waals surface area contributed by atoms with E-state index in [4.69, 9.17) is 17.3 Å². The van der Waals surface area contributed by atoms with Crippen LogP contribution in [-0.2, 0) is 19.6 Å². The molecule has 0 spiro atoms. The molecule has 6 heteroatoms. The Labute approximate surface area is 112 Å². The minimum atomic E-state index is 0.506. The van der Waals surface area contributed by atoms with Gasteiger partial charge in [0.05, 0.1) is 28.6 Å². The first kappa shape index (κ1) is 13.1. The molecule has 0 amide bonds. The van der Waals surface area contributed by atoms with Crippen LogP contribution < -0.4 is 5.73 Å². The molecule has 2 heterocycles. The maximum atomic E-state index is 6.27. The average molecular weight is 268 g/mol. The zero-order valence-corrected chi connectivity index (χ0v) is 11.7. The summed E-state index contributed by atoms with van der Waals surface area (Å²) in [6.07, 6.45) is 1.97. The Kier molecular flexibility index (Phi) is 3.73. The molecule has 18 heavy (non-hydrogen) atoms. The smallest absolute Gasteiger partial charge is 0.0866 e. The van der Waals surface area contributed by atoms with Crippen molar-refractivity contribution in [3.05, 3.63) is 33.9 Å². The lowest BCUT2D eigenvalue weighted by molar-refractivity contribution is 0.573. The Morgan fingerprint density at radius 2 is 2.00 bits per heavy atom. The molecule has 2 aromatic heterocycles. The van der Waals surface area contributed by atoms with E-state index in [2.05, 4.69) is 10.2 Å². The van der Waals surface area contributed by atoms with E-state index in [1.165, 1.54) is 0 Å². The predicted molar refractivity (Wildman–Crippen MR) is 71.6 cm³/mol. The number of aromatic nitrogens is 4. The third-order valence-electron chi connectivity index (χ3n) is 3.03. The lowest BCUT2D eigenvalue weighted by Gasteiger charge is -2.05. The Hall–Kier alpha value is -1.33. The fraction of sp³-hybridized carbons (Fsp3) is 0.500. The van der Waals surface area contributed by atoms with Crippen molar-refractivity contribution in [2.45, 2.75) is 40.4 Å². The first-order valence-corrected chi connectivity index (χ1v) is 6.39. The van der Waals surface area contributed by atoms with Crippen LogP contribution in [-0.4, -0.2) is 19.6 Å². The van der Waals surface area contributed by atoms with E-state index < -0.39 is 0 Å². The van der Waals surface area contributed by atoms with Gasteiger partial charge in [-0.25, -0.2) is 0 Å². The predicted octanol–water partition coefficient (Wildman–Crippen LogP) is 1.88. The Balaban J connectivity index is 2.33. The Bertz CT molecular complexity index is 555. The molecular formula is C12H18ClN5. The normalized spacial score (nSPS) is 11.2. The van der Waals surface area contributed by atoms with E-state index in [0.717, 1.165) is 34.2 Å². The third-order valence-corrected chi connectivity index (χ3v) is 3.52. The molecule has 2 aromatic rings. The summed E-state index contributed by atoms with van der Waals surface area (Å²) in [7, 11) is 0. The van der Waals surface area contributed by atoms with E-state index in [0.29, 0.717) is 13.1 Å². The number of rotatable bonds is 4. The minimum Gasteiger partial charge on any atom is -0.326 e. The van der Waals surface area contributed by atoms with Crippen molar-refractivity contribution in [3.63, 3.8) is 0 Å². The van der Waals surface area contributed by atoms with Crippen molar-refractivity contribution in [1.82, 2.24) is 19.6 Å². The van der Waals surface area contributed by atoms with Crippen LogP contribution in [0.15, 0.2) is 6.20 Å². The largest absolute Gasteiger partial charge is 0.326 e. The molecule has 0 aliphatic rings. The van der Waals surface area contributed by atoms with Gasteiger partial charge >= 0.3 is 0 Å². The average Bonchev–Trinajstić information content (AvgIpc) is 2.84. The van der Waals surface area contributed by atoms with Gasteiger partial charge in [0.25, 0.3) is 0 Å². The van der Waals surface area contributed by atoms with Crippen LogP contribution in [0.5, 0.6) is 0 Å². The molecule has 0 aliphatic carbocycles. The highest BCUT2D eigenvalue weighted by atomic mass is 35.5. The highest BCUT2D eigenvalue weighted by Crippen LogP contribution is 2.21. The molecule has 0 aliphatic heterocycles. The molecule has 0 bridgehead atoms. The topological polar surface area (TPSA) is 61.7 Å². The first-order valence-electron chi connectivity index (χ1n) is 6.01. The molecule has 0 saturated heterocycles. The van der Waals surface area contributed by atoms with Gasteiger partial charge in [-0.05, 0) is 20.8 Å². The highest BCUT2D eigenvalue weighted by Gasteiger charge is 2.14. The number of nitrogens with two attached hydrogens (primary N) is 1. The van der Waals surface area contributed by atoms with Crippen LogP contribution in [0.3, 0.4) is 0 Å². The van der Waals surface area contributed by atoms with E-state index >= 15 is 0 Å². The van der Waals surface area contributed by atoms with Crippen molar-refractivity contribution in [3.8, 4) is 0 Å². The second kappa shape index (κ2) is 5.12. The summed E-state index contributed by atoms with van der Waals surface area (Å²) in [6, 6.07) is 0. The van der Waals surface area contributed by atoms with E-state index in [-0.39, 0.29) is 0 Å². The Morgan fingerprint density at radius 1 is 1.28 bits per heavy atom. The second-order valence-corrected chi connectivity index (χ2v) is 4.68. The van der Waals surface area contributed by atoms with Crippen molar-refractivity contribution >= 4 is 11.6 Å². The maximum Gasteiger partial charge on any atom is 0.0866 e. The van der Waals surface area contributed by atoms with E-state index in [1.807, 2.05) is 36.3 Å². The molecule has 5 nitrogen and oxygen atoms in total. The lowest BCUT2D eigenvalue weighted by atomic mass is 10.3. The molecule has 2 rings (SSSR count). The molecule has 0 saturated carbocycles. The number of nitrogens with zero attached hydrogens (tertiary/aromatic N) is 4. The van der Waals surface area contributed by atoms with Crippen LogP contribution in [0.1, 0.15) is 29.6 Å².